The minimum Gasteiger partial charge on any atom is -0.490 e. The first-order valence-electron chi connectivity index (χ1n) is 8.71. The van der Waals surface area contributed by atoms with Crippen molar-refractivity contribution in [2.75, 3.05) is 6.61 Å². The summed E-state index contributed by atoms with van der Waals surface area (Å²) in [5.41, 5.74) is -0.245. The molecule has 1 aromatic carbocycles. The molecule has 0 radical (unpaired) electrons. The molecule has 0 saturated heterocycles. The molecule has 7 heteroatoms. The molecule has 2 aromatic rings. The standard InChI is InChI=1S/C18H22F3NO3/c1-2-5-12-15(24-14-7-4-3-6-11(14)10-23)9-8-13-16(12)25-22-17(13)18(19,20)21/h8-9,11,14,23H,2-7,10H2,1H3/t11?,14-/m1/s1. The van der Waals surface area contributed by atoms with E-state index in [1.807, 2.05) is 6.92 Å². The van der Waals surface area contributed by atoms with Crippen LogP contribution in [0.5, 0.6) is 5.75 Å². The Labute approximate surface area is 143 Å². The number of hydrogen-bond donors (Lipinski definition) is 1. The molecule has 25 heavy (non-hydrogen) atoms. The SMILES string of the molecule is CCCc1c(O[C@@H]2CCCCC2CO)ccc2c(C(F)(F)F)noc12. The Morgan fingerprint density at radius 1 is 1.28 bits per heavy atom. The average Bonchev–Trinajstić information content (AvgIpc) is 3.02. The van der Waals surface area contributed by atoms with Crippen LogP contribution >= 0.6 is 0 Å². The lowest BCUT2D eigenvalue weighted by molar-refractivity contribution is -0.141. The Morgan fingerprint density at radius 3 is 2.72 bits per heavy atom. The molecular weight excluding hydrogens is 335 g/mol. The Morgan fingerprint density at radius 2 is 2.04 bits per heavy atom. The van der Waals surface area contributed by atoms with E-state index >= 15 is 0 Å². The van der Waals surface area contributed by atoms with Gasteiger partial charge in [-0.25, -0.2) is 0 Å². The van der Waals surface area contributed by atoms with Gasteiger partial charge in [-0.1, -0.05) is 24.9 Å². The van der Waals surface area contributed by atoms with Crippen molar-refractivity contribution in [2.45, 2.75) is 57.7 Å². The van der Waals surface area contributed by atoms with Gasteiger partial charge in [0, 0.05) is 18.1 Å². The molecule has 138 valence electrons. The van der Waals surface area contributed by atoms with Crippen molar-refractivity contribution >= 4 is 11.0 Å². The first kappa shape index (κ1) is 18.0. The van der Waals surface area contributed by atoms with E-state index in [0.29, 0.717) is 17.7 Å². The number of aliphatic hydroxyl groups excluding tert-OH is 1. The van der Waals surface area contributed by atoms with Gasteiger partial charge in [-0.05, 0) is 37.8 Å². The Kier molecular flexibility index (Phi) is 5.22. The smallest absolute Gasteiger partial charge is 0.437 e. The van der Waals surface area contributed by atoms with E-state index in [9.17, 15) is 18.3 Å². The van der Waals surface area contributed by atoms with Crippen molar-refractivity contribution in [1.82, 2.24) is 5.16 Å². The predicted octanol–water partition coefficient (Wildman–Crippen LogP) is 4.73. The summed E-state index contributed by atoms with van der Waals surface area (Å²) in [5.74, 6) is 0.587. The van der Waals surface area contributed by atoms with Crippen LogP contribution in [0.2, 0.25) is 0 Å². The lowest BCUT2D eigenvalue weighted by atomic mass is 9.87. The van der Waals surface area contributed by atoms with Crippen molar-refractivity contribution in [1.29, 1.82) is 0 Å². The number of aromatic nitrogens is 1. The van der Waals surface area contributed by atoms with Gasteiger partial charge < -0.3 is 14.4 Å². The number of hydrogen-bond acceptors (Lipinski definition) is 4. The van der Waals surface area contributed by atoms with Gasteiger partial charge >= 0.3 is 6.18 Å². The molecule has 1 unspecified atom stereocenters. The Balaban J connectivity index is 1.99. The Bertz CT molecular complexity index is 726. The van der Waals surface area contributed by atoms with Gasteiger partial charge in [-0.2, -0.15) is 13.2 Å². The first-order chi connectivity index (χ1) is 12.0. The quantitative estimate of drug-likeness (QED) is 0.841. The highest BCUT2D eigenvalue weighted by atomic mass is 19.4. The van der Waals surface area contributed by atoms with Gasteiger partial charge in [-0.3, -0.25) is 0 Å². The van der Waals surface area contributed by atoms with Gasteiger partial charge in [0.05, 0.1) is 5.39 Å². The summed E-state index contributed by atoms with van der Waals surface area (Å²) in [7, 11) is 0. The van der Waals surface area contributed by atoms with Crippen LogP contribution in [0.3, 0.4) is 0 Å². The molecule has 0 spiro atoms. The van der Waals surface area contributed by atoms with Gasteiger partial charge in [-0.15, -0.1) is 0 Å². The number of rotatable bonds is 5. The van der Waals surface area contributed by atoms with Crippen molar-refractivity contribution in [3.8, 4) is 5.75 Å². The minimum atomic E-state index is -4.55. The number of fused-ring (bicyclic) bond motifs is 1. The molecule has 1 aromatic heterocycles. The molecule has 0 amide bonds. The molecule has 1 heterocycles. The summed E-state index contributed by atoms with van der Waals surface area (Å²) >= 11 is 0. The molecular formula is C18H22F3NO3. The summed E-state index contributed by atoms with van der Waals surface area (Å²) in [6.45, 7) is 2.00. The van der Waals surface area contributed by atoms with Crippen molar-refractivity contribution in [2.24, 2.45) is 5.92 Å². The zero-order valence-electron chi connectivity index (χ0n) is 14.1. The molecule has 1 aliphatic carbocycles. The predicted molar refractivity (Wildman–Crippen MR) is 86.5 cm³/mol. The number of aryl methyl sites for hydroxylation is 1. The molecule has 2 atom stereocenters. The van der Waals surface area contributed by atoms with Crippen LogP contribution in [0.4, 0.5) is 13.2 Å². The van der Waals surface area contributed by atoms with E-state index in [0.717, 1.165) is 32.1 Å². The maximum atomic E-state index is 13.1. The second-order valence-corrected chi connectivity index (χ2v) is 6.58. The molecule has 1 N–H and O–H groups in total. The maximum absolute atomic E-state index is 13.1. The number of alkyl halides is 3. The molecule has 0 bridgehead atoms. The number of benzene rings is 1. The third-order valence-corrected chi connectivity index (χ3v) is 4.82. The fourth-order valence-electron chi connectivity index (χ4n) is 3.54. The summed E-state index contributed by atoms with van der Waals surface area (Å²) in [6, 6.07) is 2.93. The monoisotopic (exact) mass is 357 g/mol. The number of aliphatic hydroxyl groups is 1. The van der Waals surface area contributed by atoms with Crippen LogP contribution in [-0.4, -0.2) is 23.0 Å². The molecule has 1 fully saturated rings. The summed E-state index contributed by atoms with van der Waals surface area (Å²) in [6.07, 6.45) is 0.406. The Hall–Kier alpha value is -1.76. The average molecular weight is 357 g/mol. The highest BCUT2D eigenvalue weighted by Gasteiger charge is 2.38. The normalized spacial score (nSPS) is 21.6. The number of ether oxygens (including phenoxy) is 1. The van der Waals surface area contributed by atoms with Gasteiger partial charge in [0.1, 0.15) is 11.9 Å². The van der Waals surface area contributed by atoms with E-state index in [-0.39, 0.29) is 29.6 Å². The fourth-order valence-corrected chi connectivity index (χ4v) is 3.54. The van der Waals surface area contributed by atoms with Gasteiger partial charge in [0.2, 0.25) is 0 Å². The second-order valence-electron chi connectivity index (χ2n) is 6.58. The molecule has 1 saturated carbocycles. The topological polar surface area (TPSA) is 55.5 Å². The van der Waals surface area contributed by atoms with Crippen molar-refractivity contribution < 1.29 is 27.5 Å². The van der Waals surface area contributed by atoms with Gasteiger partial charge in [0.25, 0.3) is 0 Å². The van der Waals surface area contributed by atoms with Crippen LogP contribution in [0.1, 0.15) is 50.3 Å². The van der Waals surface area contributed by atoms with Crippen LogP contribution in [0.25, 0.3) is 11.0 Å². The van der Waals surface area contributed by atoms with Gasteiger partial charge in [0.15, 0.2) is 11.3 Å². The third kappa shape index (κ3) is 3.61. The van der Waals surface area contributed by atoms with E-state index in [2.05, 4.69) is 5.16 Å². The molecule has 0 aliphatic heterocycles. The van der Waals surface area contributed by atoms with Crippen LogP contribution in [0, 0.1) is 5.92 Å². The molecule has 3 rings (SSSR count). The van der Waals surface area contributed by atoms with E-state index < -0.39 is 11.9 Å². The molecule has 4 nitrogen and oxygen atoms in total. The number of halogens is 3. The largest absolute Gasteiger partial charge is 0.490 e. The van der Waals surface area contributed by atoms with Crippen LogP contribution in [-0.2, 0) is 12.6 Å². The van der Waals surface area contributed by atoms with E-state index in [1.54, 1.807) is 6.07 Å². The summed E-state index contributed by atoms with van der Waals surface area (Å²) in [4.78, 5) is 0. The molecule has 1 aliphatic rings. The lowest BCUT2D eigenvalue weighted by Gasteiger charge is -2.31. The summed E-state index contributed by atoms with van der Waals surface area (Å²) in [5, 5.41) is 12.7. The highest BCUT2D eigenvalue weighted by Crippen LogP contribution is 2.39. The second kappa shape index (κ2) is 7.23. The summed E-state index contributed by atoms with van der Waals surface area (Å²) < 4.78 is 50.3. The van der Waals surface area contributed by atoms with Crippen LogP contribution in [0.15, 0.2) is 16.7 Å². The maximum Gasteiger partial charge on any atom is 0.437 e. The van der Waals surface area contributed by atoms with Crippen molar-refractivity contribution in [3.63, 3.8) is 0 Å². The first-order valence-corrected chi connectivity index (χ1v) is 8.71. The fraction of sp³-hybridized carbons (Fsp3) is 0.611. The zero-order valence-corrected chi connectivity index (χ0v) is 14.1. The van der Waals surface area contributed by atoms with Crippen molar-refractivity contribution in [3.05, 3.63) is 23.4 Å². The lowest BCUT2D eigenvalue weighted by Crippen LogP contribution is -2.32. The van der Waals surface area contributed by atoms with E-state index in [1.165, 1.54) is 6.07 Å². The zero-order chi connectivity index (χ0) is 18.0. The highest BCUT2D eigenvalue weighted by molar-refractivity contribution is 5.85. The number of nitrogens with zero attached hydrogens (tertiary/aromatic N) is 1. The minimum absolute atomic E-state index is 0.0364. The van der Waals surface area contributed by atoms with Crippen LogP contribution < -0.4 is 4.74 Å². The third-order valence-electron chi connectivity index (χ3n) is 4.82. The van der Waals surface area contributed by atoms with E-state index in [4.69, 9.17) is 9.26 Å².